The summed E-state index contributed by atoms with van der Waals surface area (Å²) in [6, 6.07) is 12.3. The van der Waals surface area contributed by atoms with Gasteiger partial charge in [0.1, 0.15) is 5.82 Å². The molecule has 2 heterocycles. The highest BCUT2D eigenvalue weighted by Crippen LogP contribution is 2.25. The first-order valence-electron chi connectivity index (χ1n) is 7.82. The number of carbonyl (C=O) groups is 1. The molecule has 128 valence electrons. The van der Waals surface area contributed by atoms with Gasteiger partial charge in [0.15, 0.2) is 0 Å². The van der Waals surface area contributed by atoms with Crippen LogP contribution in [-0.2, 0) is 17.8 Å². The van der Waals surface area contributed by atoms with Gasteiger partial charge >= 0.3 is 0 Å². The van der Waals surface area contributed by atoms with Crippen LogP contribution < -0.4 is 5.32 Å². The normalized spacial score (nSPS) is 10.6. The van der Waals surface area contributed by atoms with Gasteiger partial charge in [-0.2, -0.15) is 0 Å². The van der Waals surface area contributed by atoms with Crippen molar-refractivity contribution < 1.29 is 9.18 Å². The Hall–Kier alpha value is -2.24. The zero-order valence-corrected chi connectivity index (χ0v) is 14.9. The molecule has 25 heavy (non-hydrogen) atoms. The predicted octanol–water partition coefficient (Wildman–Crippen LogP) is 4.85. The minimum Gasteiger partial charge on any atom is -0.352 e. The molecular weight excluding hydrogens is 359 g/mol. The van der Waals surface area contributed by atoms with Crippen molar-refractivity contribution in [1.82, 2.24) is 10.3 Å². The van der Waals surface area contributed by atoms with Gasteiger partial charge in [0, 0.05) is 29.7 Å². The molecule has 0 fully saturated rings. The lowest BCUT2D eigenvalue weighted by Gasteiger charge is -2.09. The minimum absolute atomic E-state index is 0.152. The van der Waals surface area contributed by atoms with Crippen molar-refractivity contribution in [2.24, 2.45) is 0 Å². The second-order valence-corrected chi connectivity index (χ2v) is 6.82. The van der Waals surface area contributed by atoms with Crippen LogP contribution in [0.4, 0.5) is 4.39 Å². The van der Waals surface area contributed by atoms with Crippen LogP contribution in [0.2, 0.25) is 5.02 Å². The van der Waals surface area contributed by atoms with Crippen LogP contribution in [0.15, 0.2) is 54.0 Å². The second-order valence-electron chi connectivity index (χ2n) is 5.47. The van der Waals surface area contributed by atoms with E-state index in [1.165, 1.54) is 6.07 Å². The average molecular weight is 375 g/mol. The van der Waals surface area contributed by atoms with Crippen LogP contribution in [0.3, 0.4) is 0 Å². The molecule has 0 saturated heterocycles. The molecule has 3 aromatic rings. The molecule has 0 unspecified atom stereocenters. The summed E-state index contributed by atoms with van der Waals surface area (Å²) in [5, 5.41) is 5.21. The van der Waals surface area contributed by atoms with E-state index >= 15 is 0 Å². The molecule has 0 radical (unpaired) electrons. The SMILES string of the molecule is O=C(CCc1c(F)cccc1Cl)NCc1cccnc1-c1cccs1. The number of rotatable bonds is 6. The molecule has 0 atom stereocenters. The standard InChI is InChI=1S/C19H16ClFN2OS/c20-15-5-1-6-16(21)14(15)8-9-18(24)23-12-13-4-2-10-22-19(13)17-7-3-11-25-17/h1-7,10-11H,8-9,12H2,(H,23,24). The molecule has 1 N–H and O–H groups in total. The summed E-state index contributed by atoms with van der Waals surface area (Å²) >= 11 is 7.59. The fourth-order valence-corrected chi connectivity index (χ4v) is 3.52. The first-order valence-corrected chi connectivity index (χ1v) is 9.08. The molecule has 2 aromatic heterocycles. The molecule has 0 aliphatic heterocycles. The van der Waals surface area contributed by atoms with Crippen LogP contribution in [0, 0.1) is 5.82 Å². The van der Waals surface area contributed by atoms with E-state index < -0.39 is 0 Å². The average Bonchev–Trinajstić information content (AvgIpc) is 3.14. The largest absolute Gasteiger partial charge is 0.352 e. The second kappa shape index (κ2) is 8.23. The van der Waals surface area contributed by atoms with E-state index in [1.54, 1.807) is 29.7 Å². The monoisotopic (exact) mass is 374 g/mol. The molecule has 3 nitrogen and oxygen atoms in total. The van der Waals surface area contributed by atoms with Crippen molar-refractivity contribution in [2.75, 3.05) is 0 Å². The number of nitrogens with one attached hydrogen (secondary N) is 1. The Bertz CT molecular complexity index is 847. The van der Waals surface area contributed by atoms with Crippen molar-refractivity contribution in [1.29, 1.82) is 0 Å². The zero-order valence-electron chi connectivity index (χ0n) is 13.3. The smallest absolute Gasteiger partial charge is 0.220 e. The Kier molecular flexibility index (Phi) is 5.79. The van der Waals surface area contributed by atoms with Crippen LogP contribution in [0.1, 0.15) is 17.5 Å². The molecular formula is C19H16ClFN2OS. The lowest BCUT2D eigenvalue weighted by Crippen LogP contribution is -2.23. The van der Waals surface area contributed by atoms with Gasteiger partial charge in [-0.1, -0.05) is 29.8 Å². The van der Waals surface area contributed by atoms with Gasteiger partial charge in [-0.05, 0) is 41.6 Å². The summed E-state index contributed by atoms with van der Waals surface area (Å²) in [5.74, 6) is -0.534. The molecule has 1 aromatic carbocycles. The van der Waals surface area contributed by atoms with Crippen molar-refractivity contribution >= 4 is 28.8 Å². The van der Waals surface area contributed by atoms with E-state index in [4.69, 9.17) is 11.6 Å². The number of thiophene rings is 1. The Morgan fingerprint density at radius 1 is 1.20 bits per heavy atom. The summed E-state index contributed by atoms with van der Waals surface area (Å²) in [5.41, 5.74) is 2.19. The minimum atomic E-state index is -0.382. The number of carbonyl (C=O) groups excluding carboxylic acids is 1. The molecule has 1 amide bonds. The first-order chi connectivity index (χ1) is 12.1. The number of hydrogen-bond donors (Lipinski definition) is 1. The third kappa shape index (κ3) is 4.44. The fraction of sp³-hybridized carbons (Fsp3) is 0.158. The van der Waals surface area contributed by atoms with E-state index in [0.29, 0.717) is 17.1 Å². The maximum atomic E-state index is 13.7. The Morgan fingerprint density at radius 2 is 2.08 bits per heavy atom. The number of hydrogen-bond acceptors (Lipinski definition) is 3. The van der Waals surface area contributed by atoms with E-state index in [2.05, 4.69) is 10.3 Å². The number of benzene rings is 1. The van der Waals surface area contributed by atoms with E-state index in [0.717, 1.165) is 16.1 Å². The van der Waals surface area contributed by atoms with Gasteiger partial charge in [0.2, 0.25) is 5.91 Å². The molecule has 0 spiro atoms. The van der Waals surface area contributed by atoms with Crippen LogP contribution in [0.25, 0.3) is 10.6 Å². The zero-order chi connectivity index (χ0) is 17.6. The summed E-state index contributed by atoms with van der Waals surface area (Å²) in [6.07, 6.45) is 2.18. The summed E-state index contributed by atoms with van der Waals surface area (Å²) in [7, 11) is 0. The Morgan fingerprint density at radius 3 is 2.84 bits per heavy atom. The lowest BCUT2D eigenvalue weighted by molar-refractivity contribution is -0.121. The summed E-state index contributed by atoms with van der Waals surface area (Å²) in [4.78, 5) is 17.6. The highest BCUT2D eigenvalue weighted by molar-refractivity contribution is 7.13. The van der Waals surface area contributed by atoms with Crippen molar-refractivity contribution in [2.45, 2.75) is 19.4 Å². The number of pyridine rings is 1. The molecule has 0 aliphatic rings. The van der Waals surface area contributed by atoms with Gasteiger partial charge in [0.25, 0.3) is 0 Å². The maximum absolute atomic E-state index is 13.7. The number of amides is 1. The summed E-state index contributed by atoms with van der Waals surface area (Å²) in [6.45, 7) is 0.380. The van der Waals surface area contributed by atoms with Crippen molar-refractivity contribution in [3.05, 3.63) is 76.0 Å². The lowest BCUT2D eigenvalue weighted by atomic mass is 10.1. The molecule has 3 rings (SSSR count). The van der Waals surface area contributed by atoms with Crippen LogP contribution >= 0.6 is 22.9 Å². The van der Waals surface area contributed by atoms with Gasteiger partial charge < -0.3 is 5.32 Å². The first kappa shape index (κ1) is 17.6. The third-order valence-electron chi connectivity index (χ3n) is 3.79. The quantitative estimate of drug-likeness (QED) is 0.670. The summed E-state index contributed by atoms with van der Waals surface area (Å²) < 4.78 is 13.7. The molecule has 0 saturated carbocycles. The highest BCUT2D eigenvalue weighted by Gasteiger charge is 2.11. The Labute approximate surface area is 154 Å². The maximum Gasteiger partial charge on any atom is 0.220 e. The highest BCUT2D eigenvalue weighted by atomic mass is 35.5. The molecule has 0 bridgehead atoms. The van der Waals surface area contributed by atoms with Gasteiger partial charge in [-0.3, -0.25) is 9.78 Å². The van der Waals surface area contributed by atoms with Crippen LogP contribution in [0.5, 0.6) is 0 Å². The van der Waals surface area contributed by atoms with Crippen molar-refractivity contribution in [3.63, 3.8) is 0 Å². The van der Waals surface area contributed by atoms with E-state index in [-0.39, 0.29) is 24.6 Å². The van der Waals surface area contributed by atoms with Crippen molar-refractivity contribution in [3.8, 4) is 10.6 Å². The van der Waals surface area contributed by atoms with Gasteiger partial charge in [-0.25, -0.2) is 4.39 Å². The molecule has 0 aliphatic carbocycles. The predicted molar refractivity (Wildman–Crippen MR) is 99.1 cm³/mol. The number of aromatic nitrogens is 1. The van der Waals surface area contributed by atoms with E-state index in [9.17, 15) is 9.18 Å². The van der Waals surface area contributed by atoms with Crippen LogP contribution in [-0.4, -0.2) is 10.9 Å². The topological polar surface area (TPSA) is 42.0 Å². The third-order valence-corrected chi connectivity index (χ3v) is 5.02. The number of nitrogens with zero attached hydrogens (tertiary/aromatic N) is 1. The van der Waals surface area contributed by atoms with Gasteiger partial charge in [-0.15, -0.1) is 11.3 Å². The van der Waals surface area contributed by atoms with E-state index in [1.807, 2.05) is 29.6 Å². The van der Waals surface area contributed by atoms with Gasteiger partial charge in [0.05, 0.1) is 10.6 Å². The number of halogens is 2. The molecule has 6 heteroatoms. The Balaban J connectivity index is 1.60. The fourth-order valence-electron chi connectivity index (χ4n) is 2.51.